The lowest BCUT2D eigenvalue weighted by atomic mass is 9.44. The van der Waals surface area contributed by atoms with Gasteiger partial charge in [-0.05, 0) is 164 Å². The molecule has 4 aliphatic carbocycles. The standard InChI is InChI=1S/C62H104FN3O16/c1-18-46-59(13,74)50(70)38(7)66(16)32-33(2)29-57(11,73)51(82-53-48(69)44(65(14)15)27-35(4)78-53)36(5)49(37(6)52(71)80-46)81-47-31-58(12,77-17)60(75,39(8)79-47)23-19-25-64-54(72)62(76)34(3)26-43-42-21-20-40-28-41(67)22-24-55(40,9)61(42,63)45(68)30-56(43,62)10/h22,24,28,33-39,42-51,53,68-70,73-76H,18-21,23,25-27,29-32H2,1-17H3,(H,64,72)/t33-,34-,35-,36+,37-,38-,39+,42?,43?,44+,45+,46-,47?,48-,49+,50-,51-,53?,55+,56+,57-,58-,59-,60+,61+,62+/m1/s1. The van der Waals surface area contributed by atoms with Crippen LogP contribution in [-0.2, 0) is 42.8 Å². The van der Waals surface area contributed by atoms with Crippen LogP contribution in [0, 0.1) is 46.3 Å². The average Bonchev–Trinajstić information content (AvgIpc) is 2.81. The summed E-state index contributed by atoms with van der Waals surface area (Å²) < 4.78 is 57.0. The van der Waals surface area contributed by atoms with Gasteiger partial charge in [0.2, 0.25) is 0 Å². The fourth-order valence-electron chi connectivity index (χ4n) is 17.0. The second-order valence-corrected chi connectivity index (χ2v) is 28.0. The van der Waals surface area contributed by atoms with E-state index in [0.717, 1.165) is 0 Å². The maximum atomic E-state index is 17.9. The Morgan fingerprint density at radius 3 is 2.20 bits per heavy atom. The molecule has 470 valence electrons. The summed E-state index contributed by atoms with van der Waals surface area (Å²) in [7, 11) is 7.01. The van der Waals surface area contributed by atoms with Crippen LogP contribution >= 0.6 is 0 Å². The highest BCUT2D eigenvalue weighted by molar-refractivity contribution is 6.01. The van der Waals surface area contributed by atoms with E-state index in [9.17, 15) is 50.1 Å². The van der Waals surface area contributed by atoms with Gasteiger partial charge < -0.3 is 79.3 Å². The highest BCUT2D eigenvalue weighted by Crippen LogP contribution is 2.70. The Balaban J connectivity index is 1.12. The highest BCUT2D eigenvalue weighted by Gasteiger charge is 2.76. The van der Waals surface area contributed by atoms with Crippen molar-refractivity contribution >= 4 is 17.7 Å². The summed E-state index contributed by atoms with van der Waals surface area (Å²) in [4.78, 5) is 45.4. The average molecular weight is 1170 g/mol. The number of alkyl halides is 1. The van der Waals surface area contributed by atoms with Gasteiger partial charge in [-0.25, -0.2) is 4.39 Å². The van der Waals surface area contributed by atoms with Crippen molar-refractivity contribution < 1.29 is 82.9 Å². The van der Waals surface area contributed by atoms with Gasteiger partial charge in [0.15, 0.2) is 29.6 Å². The normalized spacial score (nSPS) is 50.8. The summed E-state index contributed by atoms with van der Waals surface area (Å²) in [6.07, 6.45) is -4.78. The largest absolute Gasteiger partial charge is 0.459 e. The number of rotatable bonds is 12. The Morgan fingerprint density at radius 2 is 1.57 bits per heavy atom. The van der Waals surface area contributed by atoms with E-state index >= 15 is 4.39 Å². The Hall–Kier alpha value is -2.54. The van der Waals surface area contributed by atoms with E-state index in [4.69, 9.17) is 28.4 Å². The van der Waals surface area contributed by atoms with Gasteiger partial charge in [-0.2, -0.15) is 0 Å². The van der Waals surface area contributed by atoms with Crippen LogP contribution in [0.25, 0.3) is 0 Å². The molecule has 0 aromatic rings. The molecule has 3 aliphatic heterocycles. The summed E-state index contributed by atoms with van der Waals surface area (Å²) in [5.74, 6) is -5.61. The number of likely N-dealkylation sites (N-methyl/N-ethyl adjacent to an activating group) is 2. The third kappa shape index (κ3) is 11.4. The minimum absolute atomic E-state index is 0.0257. The van der Waals surface area contributed by atoms with Gasteiger partial charge in [0, 0.05) is 61.4 Å². The molecule has 3 saturated carbocycles. The van der Waals surface area contributed by atoms with E-state index in [1.165, 1.54) is 26.2 Å². The first-order valence-electron chi connectivity index (χ1n) is 30.5. The molecule has 20 heteroatoms. The van der Waals surface area contributed by atoms with Crippen molar-refractivity contribution in [1.82, 2.24) is 15.1 Å². The molecule has 0 spiro atoms. The number of nitrogens with one attached hydrogen (secondary N) is 1. The zero-order valence-corrected chi connectivity index (χ0v) is 52.2. The molecule has 1 amide bonds. The van der Waals surface area contributed by atoms with Crippen LogP contribution < -0.4 is 5.32 Å². The Morgan fingerprint density at radius 1 is 0.915 bits per heavy atom. The summed E-state index contributed by atoms with van der Waals surface area (Å²) in [5, 5.41) is 88.7. The lowest BCUT2D eigenvalue weighted by Gasteiger charge is -2.62. The number of fused-ring (bicyclic) bond motifs is 5. The molecule has 0 aromatic heterocycles. The van der Waals surface area contributed by atoms with E-state index in [-0.39, 0.29) is 68.9 Å². The third-order valence-corrected chi connectivity index (χ3v) is 22.3. The zero-order valence-electron chi connectivity index (χ0n) is 52.2. The molecule has 0 radical (unpaired) electrons. The van der Waals surface area contributed by atoms with Crippen LogP contribution in [0.1, 0.15) is 154 Å². The van der Waals surface area contributed by atoms with E-state index in [2.05, 4.69) is 5.32 Å². The molecule has 4 unspecified atom stereocenters. The molecule has 3 heterocycles. The van der Waals surface area contributed by atoms with Crippen molar-refractivity contribution in [2.45, 2.75) is 261 Å². The predicted octanol–water partition coefficient (Wildman–Crippen LogP) is 4.52. The van der Waals surface area contributed by atoms with E-state index in [0.29, 0.717) is 37.8 Å². The van der Waals surface area contributed by atoms with Gasteiger partial charge >= 0.3 is 5.97 Å². The van der Waals surface area contributed by atoms with Crippen molar-refractivity contribution in [3.05, 3.63) is 23.8 Å². The van der Waals surface area contributed by atoms with Gasteiger partial charge in [-0.1, -0.05) is 46.3 Å². The SMILES string of the molecule is CC[C@H]1OC(=O)[C@H](C)[C@@H](OC2C[C@@](C)(OC)[C@](O)(CCCNC(=O)[C@@]3(O)[C@H](C)CC4C5CCC6=CC(=O)C=C[C@]6(C)[C@@]5(F)[C@@H](O)C[C@@]43C)[C@H](C)O2)[C@H](C)[C@@H](OC2O[C@H](C)C[C@H](N(C)C)[C@H]2O)[C@](C)(O)C[C@@H](C)CN(C)[C@H](C)[C@@H](O)[C@]1(C)O. The Labute approximate surface area is 487 Å². The van der Waals surface area contributed by atoms with Crippen molar-refractivity contribution in [3.8, 4) is 0 Å². The number of halogens is 1. The van der Waals surface area contributed by atoms with Gasteiger partial charge in [-0.3, -0.25) is 14.4 Å². The number of esters is 1. The number of ether oxygens (including phenoxy) is 6. The van der Waals surface area contributed by atoms with Crippen LogP contribution in [-0.4, -0.2) is 212 Å². The number of nitrogens with zero attached hydrogens (tertiary/aromatic N) is 2. The topological polar surface area (TPSA) is 267 Å². The van der Waals surface area contributed by atoms with E-state index in [1.807, 2.05) is 44.8 Å². The fraction of sp³-hybridized carbons (Fsp3) is 0.887. The van der Waals surface area contributed by atoms with Gasteiger partial charge in [0.1, 0.15) is 35.1 Å². The highest BCUT2D eigenvalue weighted by atomic mass is 19.1. The van der Waals surface area contributed by atoms with Crippen LogP contribution in [0.4, 0.5) is 4.39 Å². The maximum absolute atomic E-state index is 17.9. The number of carbonyl (C=O) groups is 3. The first-order valence-corrected chi connectivity index (χ1v) is 30.5. The number of cyclic esters (lactones) is 1. The van der Waals surface area contributed by atoms with Crippen molar-refractivity contribution in [2.24, 2.45) is 46.3 Å². The first kappa shape index (κ1) is 67.0. The quantitative estimate of drug-likeness (QED) is 0.0987. The number of aliphatic hydroxyl groups excluding tert-OH is 3. The van der Waals surface area contributed by atoms with E-state index < -0.39 is 147 Å². The second-order valence-electron chi connectivity index (χ2n) is 28.0. The smallest absolute Gasteiger partial charge is 0.311 e. The summed E-state index contributed by atoms with van der Waals surface area (Å²) in [6, 6.07) is -0.956. The van der Waals surface area contributed by atoms with Gasteiger partial charge in [0.05, 0.1) is 42.0 Å². The lowest BCUT2D eigenvalue weighted by Crippen LogP contribution is -2.70. The van der Waals surface area contributed by atoms with Crippen molar-refractivity contribution in [3.63, 3.8) is 0 Å². The number of aliphatic hydroxyl groups is 7. The number of hydrogen-bond donors (Lipinski definition) is 8. The number of allylic oxidation sites excluding steroid dienone is 4. The molecule has 8 N–H and O–H groups in total. The summed E-state index contributed by atoms with van der Waals surface area (Å²) in [6.45, 7) is 23.0. The number of amides is 1. The summed E-state index contributed by atoms with van der Waals surface area (Å²) in [5.41, 5.74) is -12.5. The minimum atomic E-state index is -2.12. The fourth-order valence-corrected chi connectivity index (χ4v) is 17.0. The first-order chi connectivity index (χ1) is 37.9. The van der Waals surface area contributed by atoms with Crippen LogP contribution in [0.2, 0.25) is 0 Å². The second kappa shape index (κ2) is 24.2. The molecule has 82 heavy (non-hydrogen) atoms. The Bertz CT molecular complexity index is 2360. The van der Waals surface area contributed by atoms with Crippen LogP contribution in [0.15, 0.2) is 23.8 Å². The molecule has 26 atom stereocenters. The predicted molar refractivity (Wildman–Crippen MR) is 303 cm³/mol. The molecule has 6 fully saturated rings. The molecule has 0 bridgehead atoms. The summed E-state index contributed by atoms with van der Waals surface area (Å²) >= 11 is 0. The number of methoxy groups -OCH3 is 1. The van der Waals surface area contributed by atoms with E-state index in [1.54, 1.807) is 75.3 Å². The van der Waals surface area contributed by atoms with Crippen molar-refractivity contribution in [1.29, 1.82) is 0 Å². The van der Waals surface area contributed by atoms with Crippen LogP contribution in [0.5, 0.6) is 0 Å². The monoisotopic (exact) mass is 1170 g/mol. The molecule has 0 aromatic carbocycles. The molecule has 3 saturated heterocycles. The van der Waals surface area contributed by atoms with Crippen LogP contribution in [0.3, 0.4) is 0 Å². The number of ketones is 1. The minimum Gasteiger partial charge on any atom is -0.459 e. The molecule has 7 aliphatic rings. The molecular weight excluding hydrogens is 1060 g/mol. The molecular formula is C62H104FN3O16. The number of carbonyl (C=O) groups excluding carboxylic acids is 3. The molecule has 7 rings (SSSR count). The van der Waals surface area contributed by atoms with Gasteiger partial charge in [-0.15, -0.1) is 0 Å². The third-order valence-electron chi connectivity index (χ3n) is 22.3. The van der Waals surface area contributed by atoms with Crippen molar-refractivity contribution in [2.75, 3.05) is 41.3 Å². The Kier molecular flexibility index (Phi) is 19.8. The molecule has 19 nitrogen and oxygen atoms in total. The van der Waals surface area contributed by atoms with Gasteiger partial charge in [0.25, 0.3) is 5.91 Å². The lowest BCUT2D eigenvalue weighted by molar-refractivity contribution is -0.338. The zero-order chi connectivity index (χ0) is 61.4. The number of hydrogen-bond acceptors (Lipinski definition) is 18. The maximum Gasteiger partial charge on any atom is 0.311 e.